The number of anilines is 1. The van der Waals surface area contributed by atoms with Gasteiger partial charge in [-0.05, 0) is 42.0 Å². The zero-order valence-electron chi connectivity index (χ0n) is 15.3. The molecular formula is C18H17F4N3O4S. The molecule has 0 saturated heterocycles. The predicted octanol–water partition coefficient (Wildman–Crippen LogP) is 1.96. The molecule has 2 rings (SSSR count). The van der Waals surface area contributed by atoms with Gasteiger partial charge in [0.25, 0.3) is 0 Å². The summed E-state index contributed by atoms with van der Waals surface area (Å²) in [7, 11) is -3.97. The number of amides is 2. The molecule has 30 heavy (non-hydrogen) atoms. The van der Waals surface area contributed by atoms with Crippen LogP contribution in [0.3, 0.4) is 0 Å². The van der Waals surface area contributed by atoms with E-state index in [-0.39, 0.29) is 36.0 Å². The average molecular weight is 447 g/mol. The molecule has 0 saturated carbocycles. The first kappa shape index (κ1) is 23.3. The number of carbonyl (C=O) groups is 2. The summed E-state index contributed by atoms with van der Waals surface area (Å²) < 4.78 is 76.0. The van der Waals surface area contributed by atoms with Gasteiger partial charge >= 0.3 is 12.1 Å². The molecule has 0 aliphatic carbocycles. The minimum Gasteiger partial charge on any atom is -0.355 e. The molecule has 0 spiro atoms. The minimum atomic E-state index is -5.06. The van der Waals surface area contributed by atoms with Crippen LogP contribution >= 0.6 is 0 Å². The first-order valence-electron chi connectivity index (χ1n) is 8.46. The van der Waals surface area contributed by atoms with Gasteiger partial charge in [0.05, 0.1) is 11.3 Å². The summed E-state index contributed by atoms with van der Waals surface area (Å²) in [4.78, 5) is 22.4. The van der Waals surface area contributed by atoms with Crippen molar-refractivity contribution in [1.29, 1.82) is 0 Å². The quantitative estimate of drug-likeness (QED) is 0.425. The number of hydrogen-bond donors (Lipinski definition) is 3. The van der Waals surface area contributed by atoms with E-state index in [1.54, 1.807) is 5.32 Å². The van der Waals surface area contributed by atoms with Gasteiger partial charge in [0.15, 0.2) is 0 Å². The van der Waals surface area contributed by atoms with Gasteiger partial charge in [0, 0.05) is 18.8 Å². The number of benzene rings is 2. The monoisotopic (exact) mass is 447 g/mol. The third kappa shape index (κ3) is 7.12. The highest BCUT2D eigenvalue weighted by atomic mass is 32.2. The lowest BCUT2D eigenvalue weighted by Crippen LogP contribution is -2.35. The average Bonchev–Trinajstić information content (AvgIpc) is 2.67. The lowest BCUT2D eigenvalue weighted by molar-refractivity contribution is -0.167. The summed E-state index contributed by atoms with van der Waals surface area (Å²) in [6, 6.07) is 9.44. The fraction of sp³-hybridized carbons (Fsp3) is 0.222. The molecule has 0 aromatic heterocycles. The number of rotatable bonds is 8. The van der Waals surface area contributed by atoms with Crippen LogP contribution < -0.4 is 15.4 Å². The van der Waals surface area contributed by atoms with Gasteiger partial charge < -0.3 is 10.6 Å². The Morgan fingerprint density at radius 3 is 2.07 bits per heavy atom. The number of hydrogen-bond acceptors (Lipinski definition) is 4. The second kappa shape index (κ2) is 9.67. The predicted molar refractivity (Wildman–Crippen MR) is 99.4 cm³/mol. The van der Waals surface area contributed by atoms with Crippen LogP contribution in [-0.2, 0) is 26.0 Å². The molecule has 162 valence electrons. The third-order valence-electron chi connectivity index (χ3n) is 3.70. The smallest absolute Gasteiger partial charge is 0.355 e. The molecular weight excluding hydrogens is 430 g/mol. The molecule has 0 unspecified atom stereocenters. The van der Waals surface area contributed by atoms with Gasteiger partial charge in [-0.3, -0.25) is 9.59 Å². The van der Waals surface area contributed by atoms with E-state index in [4.69, 9.17) is 0 Å². The molecule has 0 fully saturated rings. The Labute approximate surface area is 169 Å². The van der Waals surface area contributed by atoms with Crippen LogP contribution in [0.25, 0.3) is 0 Å². The Morgan fingerprint density at radius 1 is 0.900 bits per heavy atom. The molecule has 2 amide bonds. The highest BCUT2D eigenvalue weighted by Gasteiger charge is 2.38. The van der Waals surface area contributed by atoms with Crippen molar-refractivity contribution >= 4 is 27.5 Å². The molecule has 3 N–H and O–H groups in total. The minimum absolute atomic E-state index is 0.00185. The maximum Gasteiger partial charge on any atom is 0.471 e. The summed E-state index contributed by atoms with van der Waals surface area (Å²) in [6.45, 7) is -0.150. The fourth-order valence-corrected chi connectivity index (χ4v) is 3.27. The molecule has 2 aromatic carbocycles. The Kier molecular flexibility index (Phi) is 7.51. The van der Waals surface area contributed by atoms with Crippen molar-refractivity contribution in [2.45, 2.75) is 17.5 Å². The van der Waals surface area contributed by atoms with Crippen molar-refractivity contribution in [1.82, 2.24) is 10.0 Å². The largest absolute Gasteiger partial charge is 0.471 e. The molecule has 0 bridgehead atoms. The second-order valence-corrected chi connectivity index (χ2v) is 7.79. The Bertz CT molecular complexity index is 992. The molecule has 12 heteroatoms. The van der Waals surface area contributed by atoms with Gasteiger partial charge in [0.1, 0.15) is 5.82 Å². The van der Waals surface area contributed by atoms with E-state index in [0.717, 1.165) is 24.3 Å². The summed E-state index contributed by atoms with van der Waals surface area (Å²) in [6.07, 6.45) is -5.06. The van der Waals surface area contributed by atoms with Crippen LogP contribution in [0.5, 0.6) is 0 Å². The van der Waals surface area contributed by atoms with Gasteiger partial charge in [-0.2, -0.15) is 13.2 Å². The maximum absolute atomic E-state index is 12.8. The number of sulfonamides is 1. The zero-order valence-corrected chi connectivity index (χ0v) is 16.1. The second-order valence-electron chi connectivity index (χ2n) is 6.03. The van der Waals surface area contributed by atoms with E-state index in [9.17, 15) is 35.6 Å². The lowest BCUT2D eigenvalue weighted by Gasteiger charge is -2.10. The zero-order chi connectivity index (χ0) is 22.4. The lowest BCUT2D eigenvalue weighted by atomic mass is 10.1. The van der Waals surface area contributed by atoms with Gasteiger partial charge in [0.2, 0.25) is 15.9 Å². The van der Waals surface area contributed by atoms with Crippen molar-refractivity contribution in [3.63, 3.8) is 0 Å². The standard InChI is InChI=1S/C18H17F4N3O4S/c19-13-3-1-12(2-4-13)11-16(26)23-9-10-24-30(28,29)15-7-5-14(6-8-15)25-17(27)18(20,21)22/h1-8,24H,9-11H2,(H,23,26)(H,25,27). The normalized spacial score (nSPS) is 11.7. The van der Waals surface area contributed by atoms with Crippen LogP contribution in [0.2, 0.25) is 0 Å². The maximum atomic E-state index is 12.8. The topological polar surface area (TPSA) is 104 Å². The van der Waals surface area contributed by atoms with Crippen molar-refractivity contribution in [3.05, 3.63) is 59.9 Å². The van der Waals surface area contributed by atoms with Gasteiger partial charge in [-0.15, -0.1) is 0 Å². The van der Waals surface area contributed by atoms with Crippen LogP contribution in [0, 0.1) is 5.82 Å². The summed E-state index contributed by atoms with van der Waals surface area (Å²) >= 11 is 0. The number of alkyl halides is 3. The van der Waals surface area contributed by atoms with Gasteiger partial charge in [-0.25, -0.2) is 17.5 Å². The number of carbonyl (C=O) groups excluding carboxylic acids is 2. The van der Waals surface area contributed by atoms with E-state index >= 15 is 0 Å². The van der Waals surface area contributed by atoms with Crippen LogP contribution in [-0.4, -0.2) is 39.5 Å². The highest BCUT2D eigenvalue weighted by Crippen LogP contribution is 2.19. The first-order valence-corrected chi connectivity index (χ1v) is 9.95. The molecule has 2 aromatic rings. The molecule has 7 nitrogen and oxygen atoms in total. The molecule has 0 aliphatic heterocycles. The molecule has 0 aliphatic rings. The fourth-order valence-electron chi connectivity index (χ4n) is 2.24. The van der Waals surface area contributed by atoms with Crippen molar-refractivity contribution in [2.75, 3.05) is 18.4 Å². The Morgan fingerprint density at radius 2 is 1.50 bits per heavy atom. The third-order valence-corrected chi connectivity index (χ3v) is 5.17. The Balaban J connectivity index is 1.81. The van der Waals surface area contributed by atoms with Gasteiger partial charge in [-0.1, -0.05) is 12.1 Å². The molecule has 0 heterocycles. The number of halogens is 4. The molecule has 0 atom stereocenters. The SMILES string of the molecule is O=C(Cc1ccc(F)cc1)NCCNS(=O)(=O)c1ccc(NC(=O)C(F)(F)F)cc1. The summed E-state index contributed by atoms with van der Waals surface area (Å²) in [5.74, 6) is -2.98. The number of nitrogens with one attached hydrogen (secondary N) is 3. The molecule has 0 radical (unpaired) electrons. The first-order chi connectivity index (χ1) is 14.0. The summed E-state index contributed by atoms with van der Waals surface area (Å²) in [5.41, 5.74) is 0.372. The van der Waals surface area contributed by atoms with Crippen molar-refractivity contribution in [2.24, 2.45) is 0 Å². The van der Waals surface area contributed by atoms with E-state index in [1.807, 2.05) is 0 Å². The van der Waals surface area contributed by atoms with Crippen LogP contribution in [0.15, 0.2) is 53.4 Å². The van der Waals surface area contributed by atoms with Crippen molar-refractivity contribution < 1.29 is 35.6 Å². The van der Waals surface area contributed by atoms with E-state index in [0.29, 0.717) is 5.56 Å². The Hall–Kier alpha value is -2.99. The van der Waals surface area contributed by atoms with E-state index in [2.05, 4.69) is 10.0 Å². The van der Waals surface area contributed by atoms with E-state index in [1.165, 1.54) is 24.3 Å². The van der Waals surface area contributed by atoms with Crippen molar-refractivity contribution in [3.8, 4) is 0 Å². The summed E-state index contributed by atoms with van der Waals surface area (Å²) in [5, 5.41) is 4.10. The highest BCUT2D eigenvalue weighted by molar-refractivity contribution is 7.89. The van der Waals surface area contributed by atoms with Crippen LogP contribution in [0.1, 0.15) is 5.56 Å². The van der Waals surface area contributed by atoms with Crippen LogP contribution in [0.4, 0.5) is 23.2 Å². The van der Waals surface area contributed by atoms with E-state index < -0.39 is 27.9 Å².